The van der Waals surface area contributed by atoms with Crippen LogP contribution < -0.4 is 5.32 Å². The van der Waals surface area contributed by atoms with Crippen molar-refractivity contribution in [3.63, 3.8) is 0 Å². The second kappa shape index (κ2) is 11.4. The Bertz CT molecular complexity index is 769. The summed E-state index contributed by atoms with van der Waals surface area (Å²) in [5.74, 6) is 0.426. The second-order valence-electron chi connectivity index (χ2n) is 7.72. The minimum absolute atomic E-state index is 0.0138. The van der Waals surface area contributed by atoms with E-state index in [1.54, 1.807) is 4.90 Å². The summed E-state index contributed by atoms with van der Waals surface area (Å²) >= 11 is 0. The number of carbonyl (C=O) groups excluding carboxylic acids is 2. The van der Waals surface area contributed by atoms with E-state index < -0.39 is 6.04 Å². The van der Waals surface area contributed by atoms with Crippen LogP contribution in [0.5, 0.6) is 0 Å². The van der Waals surface area contributed by atoms with Crippen molar-refractivity contribution < 1.29 is 9.59 Å². The van der Waals surface area contributed by atoms with Gasteiger partial charge in [-0.15, -0.1) is 0 Å². The first kappa shape index (κ1) is 22.7. The molecule has 1 atom stereocenters. The van der Waals surface area contributed by atoms with Crippen molar-refractivity contribution in [2.45, 2.75) is 65.5 Å². The maximum absolute atomic E-state index is 13.2. The predicted molar refractivity (Wildman–Crippen MR) is 119 cm³/mol. The summed E-state index contributed by atoms with van der Waals surface area (Å²) in [6, 6.07) is 17.9. The van der Waals surface area contributed by atoms with E-state index in [2.05, 4.69) is 43.4 Å². The van der Waals surface area contributed by atoms with Gasteiger partial charge in [0.15, 0.2) is 0 Å². The van der Waals surface area contributed by atoms with Gasteiger partial charge < -0.3 is 10.2 Å². The maximum atomic E-state index is 13.2. The van der Waals surface area contributed by atoms with Crippen LogP contribution in [0.1, 0.15) is 63.1 Å². The third-order valence-corrected chi connectivity index (χ3v) is 5.21. The van der Waals surface area contributed by atoms with E-state index in [0.29, 0.717) is 38.3 Å². The Morgan fingerprint density at radius 2 is 1.59 bits per heavy atom. The molecule has 0 aromatic heterocycles. The highest BCUT2D eigenvalue weighted by atomic mass is 16.2. The Morgan fingerprint density at radius 1 is 0.931 bits per heavy atom. The summed E-state index contributed by atoms with van der Waals surface area (Å²) in [5.41, 5.74) is 3.48. The predicted octanol–water partition coefficient (Wildman–Crippen LogP) is 4.69. The summed E-state index contributed by atoms with van der Waals surface area (Å²) in [4.78, 5) is 27.5. The van der Waals surface area contributed by atoms with Crippen molar-refractivity contribution in [2.24, 2.45) is 0 Å². The molecule has 0 saturated carbocycles. The lowest BCUT2D eigenvalue weighted by atomic mass is 10.00. The first-order valence-corrected chi connectivity index (χ1v) is 10.7. The van der Waals surface area contributed by atoms with E-state index in [-0.39, 0.29) is 11.8 Å². The molecule has 0 fully saturated rings. The Kier molecular flexibility index (Phi) is 8.91. The molecule has 4 heteroatoms. The topological polar surface area (TPSA) is 49.4 Å². The Morgan fingerprint density at radius 3 is 2.14 bits per heavy atom. The van der Waals surface area contributed by atoms with Crippen LogP contribution in [0.25, 0.3) is 0 Å². The maximum Gasteiger partial charge on any atom is 0.242 e. The largest absolute Gasteiger partial charge is 0.355 e. The normalized spacial score (nSPS) is 11.9. The van der Waals surface area contributed by atoms with Crippen LogP contribution in [-0.4, -0.2) is 29.3 Å². The number of hydrogen-bond acceptors (Lipinski definition) is 2. The molecule has 0 aliphatic rings. The fraction of sp³-hybridized carbons (Fsp3) is 0.440. The van der Waals surface area contributed by atoms with E-state index in [9.17, 15) is 9.59 Å². The van der Waals surface area contributed by atoms with Gasteiger partial charge in [-0.1, -0.05) is 75.4 Å². The van der Waals surface area contributed by atoms with Gasteiger partial charge in [0, 0.05) is 19.5 Å². The Hall–Kier alpha value is -2.62. The molecule has 1 N–H and O–H groups in total. The van der Waals surface area contributed by atoms with Crippen LogP contribution in [0, 0.1) is 0 Å². The first-order valence-electron chi connectivity index (χ1n) is 10.7. The zero-order valence-corrected chi connectivity index (χ0v) is 18.2. The smallest absolute Gasteiger partial charge is 0.242 e. The molecule has 0 radical (unpaired) electrons. The number of likely N-dealkylation sites (N-methyl/N-ethyl adjacent to an activating group) is 1. The molecule has 29 heavy (non-hydrogen) atoms. The van der Waals surface area contributed by atoms with Crippen molar-refractivity contribution in [3.05, 3.63) is 71.3 Å². The molecule has 4 nitrogen and oxygen atoms in total. The van der Waals surface area contributed by atoms with E-state index >= 15 is 0 Å². The lowest BCUT2D eigenvalue weighted by molar-refractivity contribution is -0.141. The lowest BCUT2D eigenvalue weighted by Crippen LogP contribution is -2.49. The number of nitrogens with one attached hydrogen (secondary N) is 1. The molecule has 2 rings (SSSR count). The van der Waals surface area contributed by atoms with Gasteiger partial charge in [0.2, 0.25) is 11.8 Å². The quantitative estimate of drug-likeness (QED) is 0.636. The number of benzene rings is 2. The number of hydrogen-bond donors (Lipinski definition) is 1. The zero-order chi connectivity index (χ0) is 21.2. The highest BCUT2D eigenvalue weighted by Gasteiger charge is 2.27. The number of nitrogens with zero attached hydrogens (tertiary/aromatic N) is 1. The van der Waals surface area contributed by atoms with Gasteiger partial charge in [0.1, 0.15) is 6.04 Å². The second-order valence-corrected chi connectivity index (χ2v) is 7.72. The van der Waals surface area contributed by atoms with Crippen molar-refractivity contribution in [3.8, 4) is 0 Å². The van der Waals surface area contributed by atoms with Crippen molar-refractivity contribution in [2.75, 3.05) is 6.54 Å². The fourth-order valence-corrected chi connectivity index (χ4v) is 3.46. The minimum atomic E-state index is -0.453. The molecule has 2 aromatic carbocycles. The molecule has 0 heterocycles. The standard InChI is InChI=1S/C25H34N2O2/c1-5-23(25(29)26-6-2)27(18-21-10-8-7-9-11-21)24(28)17-14-20-12-15-22(16-13-20)19(3)4/h7-13,15-16,19,23H,5-6,14,17-18H2,1-4H3,(H,26,29). The van der Waals surface area contributed by atoms with Gasteiger partial charge in [0.25, 0.3) is 0 Å². The SMILES string of the molecule is CCNC(=O)C(CC)N(Cc1ccccc1)C(=O)CCc1ccc(C(C)C)cc1. The highest BCUT2D eigenvalue weighted by molar-refractivity contribution is 5.87. The zero-order valence-electron chi connectivity index (χ0n) is 18.2. The monoisotopic (exact) mass is 394 g/mol. The summed E-state index contributed by atoms with van der Waals surface area (Å²) in [7, 11) is 0. The summed E-state index contributed by atoms with van der Waals surface area (Å²) in [5, 5.41) is 2.88. The molecule has 0 saturated heterocycles. The molecule has 2 amide bonds. The number of aryl methyl sites for hydroxylation is 1. The fourth-order valence-electron chi connectivity index (χ4n) is 3.46. The van der Waals surface area contributed by atoms with Crippen molar-refractivity contribution >= 4 is 11.8 Å². The Labute approximate surface area is 175 Å². The van der Waals surface area contributed by atoms with Crippen LogP contribution in [0.3, 0.4) is 0 Å². The van der Waals surface area contributed by atoms with E-state index in [1.807, 2.05) is 44.2 Å². The molecule has 0 aliphatic carbocycles. The van der Waals surface area contributed by atoms with Crippen LogP contribution in [0.2, 0.25) is 0 Å². The van der Waals surface area contributed by atoms with Gasteiger partial charge in [-0.3, -0.25) is 9.59 Å². The molecule has 2 aromatic rings. The number of carbonyl (C=O) groups is 2. The van der Waals surface area contributed by atoms with Crippen molar-refractivity contribution in [1.82, 2.24) is 10.2 Å². The van der Waals surface area contributed by atoms with Gasteiger partial charge in [0.05, 0.1) is 0 Å². The molecule has 1 unspecified atom stereocenters. The Balaban J connectivity index is 2.13. The summed E-state index contributed by atoms with van der Waals surface area (Å²) in [6.45, 7) is 9.20. The van der Waals surface area contributed by atoms with Crippen LogP contribution in [-0.2, 0) is 22.6 Å². The van der Waals surface area contributed by atoms with Crippen molar-refractivity contribution in [1.29, 1.82) is 0 Å². The summed E-state index contributed by atoms with van der Waals surface area (Å²) in [6.07, 6.45) is 1.66. The van der Waals surface area contributed by atoms with Crippen LogP contribution in [0.15, 0.2) is 54.6 Å². The molecule has 0 spiro atoms. The molecule has 0 aliphatic heterocycles. The first-order chi connectivity index (χ1) is 14.0. The summed E-state index contributed by atoms with van der Waals surface area (Å²) < 4.78 is 0. The molecular weight excluding hydrogens is 360 g/mol. The average molecular weight is 395 g/mol. The van der Waals surface area contributed by atoms with Gasteiger partial charge in [-0.2, -0.15) is 0 Å². The molecular formula is C25H34N2O2. The molecule has 0 bridgehead atoms. The molecule has 156 valence electrons. The van der Waals surface area contributed by atoms with Crippen LogP contribution >= 0.6 is 0 Å². The van der Waals surface area contributed by atoms with E-state index in [4.69, 9.17) is 0 Å². The number of rotatable bonds is 10. The lowest BCUT2D eigenvalue weighted by Gasteiger charge is -2.30. The van der Waals surface area contributed by atoms with E-state index in [0.717, 1.165) is 11.1 Å². The third-order valence-electron chi connectivity index (χ3n) is 5.21. The number of amides is 2. The average Bonchev–Trinajstić information content (AvgIpc) is 2.73. The van der Waals surface area contributed by atoms with E-state index in [1.165, 1.54) is 5.56 Å². The van der Waals surface area contributed by atoms with Crippen LogP contribution in [0.4, 0.5) is 0 Å². The third kappa shape index (κ3) is 6.74. The minimum Gasteiger partial charge on any atom is -0.355 e. The van der Waals surface area contributed by atoms with Gasteiger partial charge in [-0.25, -0.2) is 0 Å². The van der Waals surface area contributed by atoms with Gasteiger partial charge in [-0.05, 0) is 42.4 Å². The van der Waals surface area contributed by atoms with Gasteiger partial charge >= 0.3 is 0 Å². The highest BCUT2D eigenvalue weighted by Crippen LogP contribution is 2.17.